The van der Waals surface area contributed by atoms with E-state index in [1.54, 1.807) is 19.3 Å². The second kappa shape index (κ2) is 8.71. The van der Waals surface area contributed by atoms with Gasteiger partial charge in [0.2, 0.25) is 0 Å². The first-order valence-corrected chi connectivity index (χ1v) is 11.1. The number of nitrogens with zero attached hydrogens (tertiary/aromatic N) is 2. The Morgan fingerprint density at radius 3 is 2.84 bits per heavy atom. The van der Waals surface area contributed by atoms with E-state index in [2.05, 4.69) is 41.3 Å². The van der Waals surface area contributed by atoms with E-state index in [1.807, 2.05) is 36.2 Å². The third-order valence-electron chi connectivity index (χ3n) is 6.38. The number of fused-ring (bicyclic) bond motifs is 1. The molecule has 1 aliphatic heterocycles. The zero-order valence-electron chi connectivity index (χ0n) is 18.9. The molecule has 0 saturated carbocycles. The number of nitrogens with one attached hydrogen (secondary N) is 2. The van der Waals surface area contributed by atoms with Gasteiger partial charge >= 0.3 is 0 Å². The Labute approximate surface area is 193 Å². The fourth-order valence-electron chi connectivity index (χ4n) is 4.15. The topological polar surface area (TPSA) is 90.2 Å². The maximum absolute atomic E-state index is 11.2. The van der Waals surface area contributed by atoms with Crippen molar-refractivity contribution in [2.45, 2.75) is 39.1 Å². The summed E-state index contributed by atoms with van der Waals surface area (Å²) in [4.78, 5) is 9.70. The Bertz CT molecular complexity index is 1210. The van der Waals surface area contributed by atoms with E-state index in [-0.39, 0.29) is 6.17 Å². The maximum Gasteiger partial charge on any atom is 0.139 e. The van der Waals surface area contributed by atoms with Crippen LogP contribution in [0.25, 0.3) is 10.9 Å². The molecule has 168 valence electrons. The molecule has 4 rings (SSSR count). The summed E-state index contributed by atoms with van der Waals surface area (Å²) >= 11 is 6.26. The van der Waals surface area contributed by atoms with Crippen molar-refractivity contribution in [3.8, 4) is 0 Å². The van der Waals surface area contributed by atoms with Crippen LogP contribution < -0.4 is 11.1 Å². The standard InChI is InChI=1S/C25H30ClN5O/c1-15-9-24(27)31(4)16(2)21(15)13-30-25(3,32)18-7-8-28-19(12-18)10-17-5-6-23-20(11-17)22(26)14-29-23/h5-9,11-12,14,24,29-30,32H,10,13,27H2,1-4H3. The molecule has 0 radical (unpaired) electrons. The Kier molecular flexibility index (Phi) is 6.14. The zero-order chi connectivity index (χ0) is 23.0. The van der Waals surface area contributed by atoms with Gasteiger partial charge in [0.25, 0.3) is 0 Å². The average Bonchev–Trinajstić information content (AvgIpc) is 3.12. The number of pyridine rings is 1. The Balaban J connectivity index is 1.51. The fraction of sp³-hybridized carbons (Fsp3) is 0.320. The summed E-state index contributed by atoms with van der Waals surface area (Å²) < 4.78 is 0. The lowest BCUT2D eigenvalue weighted by atomic mass is 9.98. The van der Waals surface area contributed by atoms with Crippen molar-refractivity contribution < 1.29 is 5.11 Å². The fourth-order valence-corrected chi connectivity index (χ4v) is 4.36. The first-order chi connectivity index (χ1) is 15.2. The van der Waals surface area contributed by atoms with E-state index < -0.39 is 5.72 Å². The molecular weight excluding hydrogens is 422 g/mol. The maximum atomic E-state index is 11.2. The largest absolute Gasteiger partial charge is 0.372 e. The number of likely N-dealkylation sites (N-methyl/N-ethyl adjacent to an activating group) is 1. The molecule has 2 unspecified atom stereocenters. The number of benzene rings is 1. The van der Waals surface area contributed by atoms with Crippen LogP contribution >= 0.6 is 11.6 Å². The van der Waals surface area contributed by atoms with Crippen molar-refractivity contribution >= 4 is 22.5 Å². The number of allylic oxidation sites excluding steroid dienone is 1. The van der Waals surface area contributed by atoms with Gasteiger partial charge in [0.1, 0.15) is 5.72 Å². The van der Waals surface area contributed by atoms with Crippen molar-refractivity contribution in [2.24, 2.45) is 5.73 Å². The molecule has 2 aromatic heterocycles. The molecule has 0 fully saturated rings. The summed E-state index contributed by atoms with van der Waals surface area (Å²) in [7, 11) is 1.98. The minimum atomic E-state index is -1.21. The molecule has 0 spiro atoms. The molecule has 0 saturated heterocycles. The van der Waals surface area contributed by atoms with E-state index in [1.165, 1.54) is 0 Å². The molecule has 32 heavy (non-hydrogen) atoms. The van der Waals surface area contributed by atoms with Crippen molar-refractivity contribution in [1.82, 2.24) is 20.2 Å². The summed E-state index contributed by atoms with van der Waals surface area (Å²) in [6.07, 6.45) is 6.10. The number of aromatic nitrogens is 2. The Hall–Kier alpha value is -2.64. The van der Waals surface area contributed by atoms with Crippen LogP contribution in [0.2, 0.25) is 5.02 Å². The molecule has 1 aliphatic rings. The molecule has 6 nitrogen and oxygen atoms in total. The molecule has 7 heteroatoms. The van der Waals surface area contributed by atoms with E-state index in [9.17, 15) is 5.11 Å². The van der Waals surface area contributed by atoms with Crippen molar-refractivity contribution in [2.75, 3.05) is 13.6 Å². The lowest BCUT2D eigenvalue weighted by Gasteiger charge is -2.34. The highest BCUT2D eigenvalue weighted by atomic mass is 35.5. The van der Waals surface area contributed by atoms with Crippen molar-refractivity contribution in [1.29, 1.82) is 0 Å². The van der Waals surface area contributed by atoms with Gasteiger partial charge in [0.15, 0.2) is 0 Å². The minimum Gasteiger partial charge on any atom is -0.372 e. The number of rotatable bonds is 6. The number of aliphatic hydroxyl groups is 1. The predicted octanol–water partition coefficient (Wildman–Crippen LogP) is 4.01. The first-order valence-electron chi connectivity index (χ1n) is 10.7. The summed E-state index contributed by atoms with van der Waals surface area (Å²) in [6.45, 7) is 6.41. The highest BCUT2D eigenvalue weighted by molar-refractivity contribution is 6.35. The van der Waals surface area contributed by atoms with Gasteiger partial charge in [0, 0.05) is 60.3 Å². The van der Waals surface area contributed by atoms with Crippen LogP contribution in [0.1, 0.15) is 37.6 Å². The number of H-pyrrole nitrogens is 1. The van der Waals surface area contributed by atoms with Crippen LogP contribution in [0.4, 0.5) is 0 Å². The third kappa shape index (κ3) is 4.45. The number of hydrogen-bond acceptors (Lipinski definition) is 5. The van der Waals surface area contributed by atoms with E-state index in [0.29, 0.717) is 18.0 Å². The highest BCUT2D eigenvalue weighted by Gasteiger charge is 2.26. The Morgan fingerprint density at radius 2 is 2.06 bits per heavy atom. The second-order valence-electron chi connectivity index (χ2n) is 8.67. The number of aromatic amines is 1. The van der Waals surface area contributed by atoms with Gasteiger partial charge in [-0.1, -0.05) is 17.7 Å². The van der Waals surface area contributed by atoms with Crippen LogP contribution in [-0.4, -0.2) is 39.7 Å². The van der Waals surface area contributed by atoms with E-state index in [4.69, 9.17) is 17.3 Å². The van der Waals surface area contributed by atoms with Crippen LogP contribution in [0, 0.1) is 0 Å². The smallest absolute Gasteiger partial charge is 0.139 e. The summed E-state index contributed by atoms with van der Waals surface area (Å²) in [5.74, 6) is 0. The molecule has 0 bridgehead atoms. The zero-order valence-corrected chi connectivity index (χ0v) is 19.7. The molecule has 5 N–H and O–H groups in total. The van der Waals surface area contributed by atoms with Crippen LogP contribution in [-0.2, 0) is 12.1 Å². The average molecular weight is 452 g/mol. The molecule has 3 heterocycles. The van der Waals surface area contributed by atoms with Gasteiger partial charge in [-0.3, -0.25) is 10.3 Å². The number of halogens is 1. The van der Waals surface area contributed by atoms with E-state index in [0.717, 1.165) is 44.6 Å². The van der Waals surface area contributed by atoms with Crippen molar-refractivity contribution in [3.05, 3.63) is 87.5 Å². The third-order valence-corrected chi connectivity index (χ3v) is 6.69. The lowest BCUT2D eigenvalue weighted by molar-refractivity contribution is 0.0227. The van der Waals surface area contributed by atoms with Crippen LogP contribution in [0.3, 0.4) is 0 Å². The lowest BCUT2D eigenvalue weighted by Crippen LogP contribution is -2.44. The van der Waals surface area contributed by atoms with Gasteiger partial charge < -0.3 is 20.7 Å². The highest BCUT2D eigenvalue weighted by Crippen LogP contribution is 2.27. The second-order valence-corrected chi connectivity index (χ2v) is 9.08. The minimum absolute atomic E-state index is 0.123. The first kappa shape index (κ1) is 22.6. The summed E-state index contributed by atoms with van der Waals surface area (Å²) in [6, 6.07) is 9.96. The monoisotopic (exact) mass is 451 g/mol. The molecule has 0 aliphatic carbocycles. The van der Waals surface area contributed by atoms with E-state index >= 15 is 0 Å². The number of hydrogen-bond donors (Lipinski definition) is 4. The molecule has 0 amide bonds. The van der Waals surface area contributed by atoms with Gasteiger partial charge in [0.05, 0.1) is 11.2 Å². The molecule has 1 aromatic carbocycles. The van der Waals surface area contributed by atoms with Crippen LogP contribution in [0.15, 0.2) is 65.6 Å². The van der Waals surface area contributed by atoms with Gasteiger partial charge in [-0.2, -0.15) is 0 Å². The quantitative estimate of drug-likeness (QED) is 0.425. The molecule has 3 aromatic rings. The normalized spacial score (nSPS) is 18.8. The van der Waals surface area contributed by atoms with Gasteiger partial charge in [-0.05, 0) is 67.8 Å². The van der Waals surface area contributed by atoms with Gasteiger partial charge in [-0.15, -0.1) is 0 Å². The summed E-state index contributed by atoms with van der Waals surface area (Å²) in [5.41, 5.74) is 12.1. The predicted molar refractivity (Wildman–Crippen MR) is 130 cm³/mol. The summed E-state index contributed by atoms with van der Waals surface area (Å²) in [5, 5.41) is 16.2. The van der Waals surface area contributed by atoms with Crippen molar-refractivity contribution in [3.63, 3.8) is 0 Å². The molecular formula is C25H30ClN5O. The molecule has 2 atom stereocenters. The number of nitrogens with two attached hydrogens (primary N) is 1. The SMILES string of the molecule is CC1=CC(N)N(C)C(C)=C1CNC(C)(O)c1ccnc(Cc2ccc3[nH]cc(Cl)c3c2)c1. The Morgan fingerprint density at radius 1 is 1.28 bits per heavy atom. The van der Waals surface area contributed by atoms with Crippen LogP contribution in [0.5, 0.6) is 0 Å². The van der Waals surface area contributed by atoms with Gasteiger partial charge in [-0.25, -0.2) is 0 Å².